The Morgan fingerprint density at radius 2 is 1.50 bits per heavy atom. The first kappa shape index (κ1) is 16.2. The first-order valence-electron chi connectivity index (χ1n) is 6.83. The first-order chi connectivity index (χ1) is 9.83. The summed E-state index contributed by atoms with van der Waals surface area (Å²) >= 11 is 0. The van der Waals surface area contributed by atoms with Gasteiger partial charge in [0.05, 0.1) is 13.2 Å². The maximum absolute atomic E-state index is 9.19. The second kappa shape index (κ2) is 9.13. The van der Waals surface area contributed by atoms with Gasteiger partial charge in [-0.05, 0) is 28.8 Å². The fourth-order valence-electron chi connectivity index (χ4n) is 1.73. The molecule has 2 aromatic carbocycles. The van der Waals surface area contributed by atoms with Crippen molar-refractivity contribution in [3.05, 3.63) is 65.2 Å². The van der Waals surface area contributed by atoms with E-state index in [4.69, 9.17) is 9.84 Å². The molecule has 0 bridgehead atoms. The predicted molar refractivity (Wildman–Crippen MR) is 80.4 cm³/mol. The van der Waals surface area contributed by atoms with Crippen molar-refractivity contribution < 1.29 is 14.9 Å². The zero-order valence-electron chi connectivity index (χ0n) is 12.0. The molecule has 108 valence electrons. The summed E-state index contributed by atoms with van der Waals surface area (Å²) in [7, 11) is 0. The lowest BCUT2D eigenvalue weighted by molar-refractivity contribution is 0.257. The van der Waals surface area contributed by atoms with Crippen LogP contribution in [0.5, 0.6) is 5.75 Å². The van der Waals surface area contributed by atoms with E-state index in [1.165, 1.54) is 0 Å². The molecule has 0 aliphatic carbocycles. The Balaban J connectivity index is 0.000000956. The highest BCUT2D eigenvalue weighted by Crippen LogP contribution is 2.19. The van der Waals surface area contributed by atoms with Gasteiger partial charge in [0.15, 0.2) is 0 Å². The van der Waals surface area contributed by atoms with Crippen molar-refractivity contribution in [1.29, 1.82) is 0 Å². The third kappa shape index (κ3) is 4.68. The van der Waals surface area contributed by atoms with Gasteiger partial charge in [0.2, 0.25) is 0 Å². The SMILES string of the molecule is CC.OCc1ccc(OCc2ccccc2)cc1CO. The lowest BCUT2D eigenvalue weighted by atomic mass is 10.1. The molecule has 0 saturated heterocycles. The molecule has 0 aliphatic rings. The molecule has 20 heavy (non-hydrogen) atoms. The number of hydrogen-bond acceptors (Lipinski definition) is 3. The van der Waals surface area contributed by atoms with Crippen molar-refractivity contribution in [3.63, 3.8) is 0 Å². The number of hydrogen-bond donors (Lipinski definition) is 2. The van der Waals surface area contributed by atoms with Gasteiger partial charge in [0.25, 0.3) is 0 Å². The lowest BCUT2D eigenvalue weighted by Crippen LogP contribution is -1.98. The summed E-state index contributed by atoms with van der Waals surface area (Å²) in [6, 6.07) is 15.2. The molecule has 0 aliphatic heterocycles. The topological polar surface area (TPSA) is 49.7 Å². The van der Waals surface area contributed by atoms with Gasteiger partial charge in [-0.25, -0.2) is 0 Å². The summed E-state index contributed by atoms with van der Waals surface area (Å²) in [6.45, 7) is 4.32. The van der Waals surface area contributed by atoms with Crippen LogP contribution in [-0.2, 0) is 19.8 Å². The Hall–Kier alpha value is -1.84. The van der Waals surface area contributed by atoms with Gasteiger partial charge in [0.1, 0.15) is 12.4 Å². The van der Waals surface area contributed by atoms with Crippen molar-refractivity contribution >= 4 is 0 Å². The van der Waals surface area contributed by atoms with Crippen LogP contribution in [-0.4, -0.2) is 10.2 Å². The highest BCUT2D eigenvalue weighted by Gasteiger charge is 2.03. The minimum absolute atomic E-state index is 0.0745. The van der Waals surface area contributed by atoms with Gasteiger partial charge >= 0.3 is 0 Å². The van der Waals surface area contributed by atoms with Crippen LogP contribution in [0.2, 0.25) is 0 Å². The molecular formula is C17H22O3. The Bertz CT molecular complexity index is 495. The van der Waals surface area contributed by atoms with Crippen molar-refractivity contribution in [3.8, 4) is 5.75 Å². The minimum atomic E-state index is -0.0988. The van der Waals surface area contributed by atoms with E-state index in [0.717, 1.165) is 11.1 Å². The summed E-state index contributed by atoms with van der Waals surface area (Å²) in [6.07, 6.45) is 0. The monoisotopic (exact) mass is 274 g/mol. The Morgan fingerprint density at radius 3 is 2.10 bits per heavy atom. The van der Waals surface area contributed by atoms with E-state index in [1.54, 1.807) is 18.2 Å². The fourth-order valence-corrected chi connectivity index (χ4v) is 1.73. The lowest BCUT2D eigenvalue weighted by Gasteiger charge is -2.10. The summed E-state index contributed by atoms with van der Waals surface area (Å²) < 4.78 is 5.64. The molecule has 2 rings (SSSR count). The third-order valence-electron chi connectivity index (χ3n) is 2.77. The molecule has 0 atom stereocenters. The van der Waals surface area contributed by atoms with Gasteiger partial charge in [-0.3, -0.25) is 0 Å². The van der Waals surface area contributed by atoms with E-state index in [9.17, 15) is 5.11 Å². The van der Waals surface area contributed by atoms with Crippen LogP contribution < -0.4 is 4.74 Å². The van der Waals surface area contributed by atoms with Crippen LogP contribution in [0.4, 0.5) is 0 Å². The van der Waals surface area contributed by atoms with Crippen molar-refractivity contribution in [2.24, 2.45) is 0 Å². The van der Waals surface area contributed by atoms with Crippen LogP contribution >= 0.6 is 0 Å². The number of aliphatic hydroxyl groups excluding tert-OH is 2. The van der Waals surface area contributed by atoms with Crippen LogP contribution in [0, 0.1) is 0 Å². The van der Waals surface area contributed by atoms with Crippen LogP contribution in [0.1, 0.15) is 30.5 Å². The van der Waals surface area contributed by atoms with Crippen LogP contribution in [0.15, 0.2) is 48.5 Å². The molecule has 0 heterocycles. The summed E-state index contributed by atoms with van der Waals surface area (Å²) in [5, 5.41) is 18.3. The number of benzene rings is 2. The van der Waals surface area contributed by atoms with Gasteiger partial charge in [-0.1, -0.05) is 50.2 Å². The highest BCUT2D eigenvalue weighted by molar-refractivity contribution is 5.35. The van der Waals surface area contributed by atoms with E-state index >= 15 is 0 Å². The fraction of sp³-hybridized carbons (Fsp3) is 0.294. The van der Waals surface area contributed by atoms with E-state index in [2.05, 4.69) is 0 Å². The zero-order chi connectivity index (χ0) is 14.8. The van der Waals surface area contributed by atoms with E-state index in [-0.39, 0.29) is 13.2 Å². The third-order valence-corrected chi connectivity index (χ3v) is 2.77. The Labute approximate surface area is 120 Å². The average molecular weight is 274 g/mol. The molecule has 2 aromatic rings. The molecule has 0 aromatic heterocycles. The molecule has 0 saturated carbocycles. The van der Waals surface area contributed by atoms with Gasteiger partial charge in [0, 0.05) is 0 Å². The summed E-state index contributed by atoms with van der Waals surface area (Å²) in [5.74, 6) is 0.695. The maximum atomic E-state index is 9.19. The first-order valence-corrected chi connectivity index (χ1v) is 6.83. The smallest absolute Gasteiger partial charge is 0.120 e. The van der Waals surface area contributed by atoms with Crippen LogP contribution in [0.3, 0.4) is 0 Å². The van der Waals surface area contributed by atoms with E-state index in [1.807, 2.05) is 44.2 Å². The maximum Gasteiger partial charge on any atom is 0.120 e. The predicted octanol–water partition coefficient (Wildman–Crippen LogP) is 3.28. The van der Waals surface area contributed by atoms with Crippen molar-refractivity contribution in [2.75, 3.05) is 0 Å². The average Bonchev–Trinajstić information content (AvgIpc) is 2.55. The number of rotatable bonds is 5. The van der Waals surface area contributed by atoms with Crippen LogP contribution in [0.25, 0.3) is 0 Å². The molecule has 3 nitrogen and oxygen atoms in total. The molecule has 2 N–H and O–H groups in total. The molecule has 0 radical (unpaired) electrons. The molecule has 0 fully saturated rings. The minimum Gasteiger partial charge on any atom is -0.489 e. The van der Waals surface area contributed by atoms with Gasteiger partial charge < -0.3 is 14.9 Å². The number of ether oxygens (including phenoxy) is 1. The van der Waals surface area contributed by atoms with Crippen molar-refractivity contribution in [2.45, 2.75) is 33.7 Å². The Morgan fingerprint density at radius 1 is 0.850 bits per heavy atom. The molecule has 0 spiro atoms. The normalized spacial score (nSPS) is 9.60. The van der Waals surface area contributed by atoms with Gasteiger partial charge in [-0.15, -0.1) is 0 Å². The second-order valence-electron chi connectivity index (χ2n) is 4.02. The zero-order valence-corrected chi connectivity index (χ0v) is 12.0. The standard InChI is InChI=1S/C15H16O3.C2H6/c16-9-13-6-7-15(8-14(13)10-17)18-11-12-4-2-1-3-5-12;1-2/h1-8,16-17H,9-11H2;1-2H3. The van der Waals surface area contributed by atoms with Gasteiger partial charge in [-0.2, -0.15) is 0 Å². The highest BCUT2D eigenvalue weighted by atomic mass is 16.5. The summed E-state index contributed by atoms with van der Waals surface area (Å²) in [4.78, 5) is 0. The molecule has 0 amide bonds. The second-order valence-corrected chi connectivity index (χ2v) is 4.02. The quantitative estimate of drug-likeness (QED) is 0.879. The molecule has 0 unspecified atom stereocenters. The van der Waals surface area contributed by atoms with E-state index in [0.29, 0.717) is 17.9 Å². The van der Waals surface area contributed by atoms with Crippen molar-refractivity contribution in [1.82, 2.24) is 0 Å². The number of aliphatic hydroxyl groups is 2. The molecular weight excluding hydrogens is 252 g/mol. The largest absolute Gasteiger partial charge is 0.489 e. The summed E-state index contributed by atoms with van der Waals surface area (Å²) in [5.41, 5.74) is 2.52. The Kier molecular flexibility index (Phi) is 7.40. The molecule has 3 heteroatoms. The van der Waals surface area contributed by atoms with E-state index < -0.39 is 0 Å².